The van der Waals surface area contributed by atoms with Crippen molar-refractivity contribution >= 4 is 22.9 Å². The predicted molar refractivity (Wildman–Crippen MR) is 45.2 cm³/mol. The van der Waals surface area contributed by atoms with Crippen LogP contribution in [0.2, 0.25) is 5.28 Å². The van der Waals surface area contributed by atoms with Crippen LogP contribution < -0.4 is 0 Å². The van der Waals surface area contributed by atoms with Crippen LogP contribution in [-0.2, 0) is 0 Å². The van der Waals surface area contributed by atoms with E-state index in [4.69, 9.17) is 16.1 Å². The Balaban J connectivity index is 2.50. The maximum atomic E-state index is 5.50. The fraction of sp³-hybridized carbons (Fsp3) is 0.167. The van der Waals surface area contributed by atoms with E-state index in [1.54, 1.807) is 5.51 Å². The van der Waals surface area contributed by atoms with Gasteiger partial charge in [-0.3, -0.25) is 0 Å². The highest BCUT2D eigenvalue weighted by molar-refractivity contribution is 7.13. The Bertz CT molecular complexity index is 397. The number of hydrogen-bond acceptors (Lipinski definition) is 5. The third-order valence-corrected chi connectivity index (χ3v) is 2.41. The Hall–Kier alpha value is -0.940. The van der Waals surface area contributed by atoms with Crippen molar-refractivity contribution in [3.05, 3.63) is 16.5 Å². The summed E-state index contributed by atoms with van der Waals surface area (Å²) >= 11 is 6.95. The molecule has 2 aromatic heterocycles. The summed E-state index contributed by atoms with van der Waals surface area (Å²) in [6.45, 7) is 1.88. The van der Waals surface area contributed by atoms with Crippen LogP contribution in [0.1, 0.15) is 5.69 Å². The minimum absolute atomic E-state index is 0.123. The fourth-order valence-corrected chi connectivity index (χ4v) is 1.64. The topological polar surface area (TPSA) is 51.8 Å². The summed E-state index contributed by atoms with van der Waals surface area (Å²) in [7, 11) is 0. The zero-order chi connectivity index (χ0) is 8.55. The van der Waals surface area contributed by atoms with Crippen LogP contribution in [0.25, 0.3) is 10.8 Å². The number of thiazole rings is 1. The van der Waals surface area contributed by atoms with Gasteiger partial charge in [0.2, 0.25) is 0 Å². The first-order chi connectivity index (χ1) is 5.77. The van der Waals surface area contributed by atoms with Crippen LogP contribution in [0.3, 0.4) is 0 Å². The lowest BCUT2D eigenvalue weighted by atomic mass is 10.4. The summed E-state index contributed by atoms with van der Waals surface area (Å²) in [6.07, 6.45) is 0. The third-order valence-electron chi connectivity index (χ3n) is 1.34. The number of rotatable bonds is 1. The fourth-order valence-electron chi connectivity index (χ4n) is 0.805. The van der Waals surface area contributed by atoms with Crippen LogP contribution in [0.4, 0.5) is 0 Å². The lowest BCUT2D eigenvalue weighted by Gasteiger charge is -1.85. The van der Waals surface area contributed by atoms with Crippen LogP contribution >= 0.6 is 22.9 Å². The molecule has 0 aromatic carbocycles. The Morgan fingerprint density at radius 1 is 1.58 bits per heavy atom. The Morgan fingerprint density at radius 3 is 2.92 bits per heavy atom. The summed E-state index contributed by atoms with van der Waals surface area (Å²) in [5, 5.41) is 3.59. The third kappa shape index (κ3) is 1.21. The lowest BCUT2D eigenvalue weighted by Crippen LogP contribution is -1.76. The van der Waals surface area contributed by atoms with Crippen molar-refractivity contribution in [2.24, 2.45) is 0 Å². The average Bonchev–Trinajstić information content (AvgIpc) is 2.58. The van der Waals surface area contributed by atoms with E-state index in [2.05, 4.69) is 15.1 Å². The molecule has 0 aliphatic heterocycles. The monoisotopic (exact) mass is 201 g/mol. The van der Waals surface area contributed by atoms with Gasteiger partial charge >= 0.3 is 0 Å². The SMILES string of the molecule is Cc1ncsc1-c1nc(Cl)no1. The normalized spacial score (nSPS) is 10.5. The maximum absolute atomic E-state index is 5.50. The Morgan fingerprint density at radius 2 is 2.42 bits per heavy atom. The van der Waals surface area contributed by atoms with Gasteiger partial charge in [-0.2, -0.15) is 4.98 Å². The first-order valence-corrected chi connectivity index (χ1v) is 4.43. The Labute approximate surface area is 77.2 Å². The standard InChI is InChI=1S/C6H4ClN3OS/c1-3-4(12-2-8-3)5-9-6(7)10-11-5/h2H,1H3. The van der Waals surface area contributed by atoms with Gasteiger partial charge in [0, 0.05) is 0 Å². The van der Waals surface area contributed by atoms with Gasteiger partial charge in [0.05, 0.1) is 11.2 Å². The molecule has 4 nitrogen and oxygen atoms in total. The van der Waals surface area contributed by atoms with Crippen molar-refractivity contribution in [1.82, 2.24) is 15.1 Å². The highest BCUT2D eigenvalue weighted by Crippen LogP contribution is 2.25. The molecule has 0 N–H and O–H groups in total. The molecule has 0 aliphatic rings. The van der Waals surface area contributed by atoms with Gasteiger partial charge in [0.1, 0.15) is 4.88 Å². The van der Waals surface area contributed by atoms with Crippen molar-refractivity contribution in [3.8, 4) is 10.8 Å². The largest absolute Gasteiger partial charge is 0.332 e. The number of aromatic nitrogens is 3. The van der Waals surface area contributed by atoms with Crippen LogP contribution in [0.15, 0.2) is 10.0 Å². The molecule has 0 aliphatic carbocycles. The minimum atomic E-state index is 0.123. The molecule has 0 unspecified atom stereocenters. The maximum Gasteiger partial charge on any atom is 0.270 e. The molecule has 62 valence electrons. The Kier molecular flexibility index (Phi) is 1.82. The van der Waals surface area contributed by atoms with Gasteiger partial charge in [-0.05, 0) is 23.7 Å². The zero-order valence-electron chi connectivity index (χ0n) is 6.11. The van der Waals surface area contributed by atoms with Crippen LogP contribution in [0.5, 0.6) is 0 Å². The summed E-state index contributed by atoms with van der Waals surface area (Å²) in [6, 6.07) is 0. The van der Waals surface area contributed by atoms with E-state index < -0.39 is 0 Å². The second-order valence-corrected chi connectivity index (χ2v) is 3.33. The second kappa shape index (κ2) is 2.84. The summed E-state index contributed by atoms with van der Waals surface area (Å²) in [4.78, 5) is 8.79. The average molecular weight is 202 g/mol. The van der Waals surface area contributed by atoms with Gasteiger partial charge in [-0.15, -0.1) is 11.3 Å². The molecule has 0 saturated carbocycles. The molecule has 0 bridgehead atoms. The highest BCUT2D eigenvalue weighted by atomic mass is 35.5. The summed E-state index contributed by atoms with van der Waals surface area (Å²) < 4.78 is 4.87. The first kappa shape index (κ1) is 7.70. The molecule has 12 heavy (non-hydrogen) atoms. The number of nitrogens with zero attached hydrogens (tertiary/aromatic N) is 3. The van der Waals surface area contributed by atoms with Crippen molar-refractivity contribution in [2.45, 2.75) is 6.92 Å². The number of hydrogen-bond donors (Lipinski definition) is 0. The van der Waals surface area contributed by atoms with E-state index in [9.17, 15) is 0 Å². The zero-order valence-corrected chi connectivity index (χ0v) is 7.69. The van der Waals surface area contributed by atoms with E-state index in [0.717, 1.165) is 10.6 Å². The predicted octanol–water partition coefficient (Wildman–Crippen LogP) is 2.15. The van der Waals surface area contributed by atoms with Crippen molar-refractivity contribution in [1.29, 1.82) is 0 Å². The van der Waals surface area contributed by atoms with E-state index in [0.29, 0.717) is 5.89 Å². The molecular weight excluding hydrogens is 198 g/mol. The molecule has 2 aromatic rings. The van der Waals surface area contributed by atoms with Crippen LogP contribution in [0, 0.1) is 6.92 Å². The molecule has 0 saturated heterocycles. The molecular formula is C6H4ClN3OS. The van der Waals surface area contributed by atoms with E-state index in [1.165, 1.54) is 11.3 Å². The summed E-state index contributed by atoms with van der Waals surface area (Å²) in [5.41, 5.74) is 2.60. The van der Waals surface area contributed by atoms with Gasteiger partial charge < -0.3 is 4.52 Å². The van der Waals surface area contributed by atoms with Gasteiger partial charge in [-0.1, -0.05) is 0 Å². The highest BCUT2D eigenvalue weighted by Gasteiger charge is 2.11. The van der Waals surface area contributed by atoms with Crippen molar-refractivity contribution in [3.63, 3.8) is 0 Å². The lowest BCUT2D eigenvalue weighted by molar-refractivity contribution is 0.431. The quantitative estimate of drug-likeness (QED) is 0.710. The smallest absolute Gasteiger partial charge is 0.270 e. The molecule has 6 heteroatoms. The molecule has 0 atom stereocenters. The van der Waals surface area contributed by atoms with Gasteiger partial charge in [0.15, 0.2) is 0 Å². The molecule has 0 fully saturated rings. The first-order valence-electron chi connectivity index (χ1n) is 3.17. The van der Waals surface area contributed by atoms with Gasteiger partial charge in [-0.25, -0.2) is 4.98 Å². The van der Waals surface area contributed by atoms with E-state index in [-0.39, 0.29) is 5.28 Å². The molecule has 0 spiro atoms. The molecule has 2 heterocycles. The van der Waals surface area contributed by atoms with Gasteiger partial charge in [0.25, 0.3) is 11.2 Å². The van der Waals surface area contributed by atoms with Crippen LogP contribution in [-0.4, -0.2) is 15.1 Å². The van der Waals surface area contributed by atoms with Crippen molar-refractivity contribution in [2.75, 3.05) is 0 Å². The number of halogens is 1. The van der Waals surface area contributed by atoms with E-state index >= 15 is 0 Å². The summed E-state index contributed by atoms with van der Waals surface area (Å²) in [5.74, 6) is 0.431. The molecule has 0 amide bonds. The minimum Gasteiger partial charge on any atom is -0.332 e. The molecule has 0 radical (unpaired) electrons. The van der Waals surface area contributed by atoms with E-state index in [1.807, 2.05) is 6.92 Å². The molecule has 2 rings (SSSR count). The van der Waals surface area contributed by atoms with Crippen molar-refractivity contribution < 1.29 is 4.52 Å². The number of aryl methyl sites for hydroxylation is 1. The second-order valence-electron chi connectivity index (χ2n) is 2.14.